The maximum atomic E-state index is 13.0. The van der Waals surface area contributed by atoms with Gasteiger partial charge in [0.05, 0.1) is 17.0 Å². The number of hydrogen-bond acceptors (Lipinski definition) is 3. The Hall–Kier alpha value is -3.13. The molecule has 0 aliphatic rings. The summed E-state index contributed by atoms with van der Waals surface area (Å²) in [5.41, 5.74) is 2.68. The fourth-order valence-corrected chi connectivity index (χ4v) is 4.00. The van der Waals surface area contributed by atoms with Gasteiger partial charge in [0.2, 0.25) is 5.91 Å². The maximum Gasteiger partial charge on any atom is 0.309 e. The van der Waals surface area contributed by atoms with E-state index >= 15 is 0 Å². The Kier molecular flexibility index (Phi) is 9.46. The van der Waals surface area contributed by atoms with E-state index in [0.717, 1.165) is 29.5 Å². The zero-order valence-electron chi connectivity index (χ0n) is 19.4. The van der Waals surface area contributed by atoms with E-state index in [9.17, 15) is 20.0 Å². The first kappa shape index (κ1) is 25.1. The monoisotopic (exact) mass is 434 g/mol. The first-order valence-electron chi connectivity index (χ1n) is 11.5. The number of benzene rings is 2. The molecule has 2 aromatic carbocycles. The Morgan fingerprint density at radius 1 is 1.03 bits per heavy atom. The van der Waals surface area contributed by atoms with Gasteiger partial charge in [-0.05, 0) is 48.4 Å². The molecule has 170 valence electrons. The van der Waals surface area contributed by atoms with Gasteiger partial charge in [-0.25, -0.2) is 0 Å². The molecule has 0 aromatic heterocycles. The van der Waals surface area contributed by atoms with Crippen LogP contribution in [0.1, 0.15) is 70.4 Å². The molecule has 0 saturated carbocycles. The quantitative estimate of drug-likeness (QED) is 0.442. The van der Waals surface area contributed by atoms with Crippen molar-refractivity contribution in [1.82, 2.24) is 4.90 Å². The van der Waals surface area contributed by atoms with E-state index in [1.165, 1.54) is 0 Å². The average molecular weight is 435 g/mol. The van der Waals surface area contributed by atoms with Crippen LogP contribution < -0.4 is 0 Å². The van der Waals surface area contributed by atoms with Crippen molar-refractivity contribution < 1.29 is 14.7 Å². The summed E-state index contributed by atoms with van der Waals surface area (Å²) in [5, 5.41) is 19.0. The van der Waals surface area contributed by atoms with E-state index in [1.54, 1.807) is 6.07 Å². The summed E-state index contributed by atoms with van der Waals surface area (Å²) < 4.78 is 0. The molecule has 32 heavy (non-hydrogen) atoms. The second-order valence-electron chi connectivity index (χ2n) is 8.32. The summed E-state index contributed by atoms with van der Waals surface area (Å²) in [6.07, 6.45) is 3.53. The summed E-state index contributed by atoms with van der Waals surface area (Å²) in [5.74, 6) is -0.812. The van der Waals surface area contributed by atoms with Gasteiger partial charge in [-0.3, -0.25) is 9.59 Å². The Morgan fingerprint density at radius 3 is 2.25 bits per heavy atom. The van der Waals surface area contributed by atoms with E-state index < -0.39 is 11.4 Å². The fourth-order valence-electron chi connectivity index (χ4n) is 4.00. The summed E-state index contributed by atoms with van der Waals surface area (Å²) in [4.78, 5) is 26.6. The summed E-state index contributed by atoms with van der Waals surface area (Å²) in [7, 11) is 0. The third-order valence-electron chi connectivity index (χ3n) is 6.44. The first-order valence-corrected chi connectivity index (χ1v) is 11.5. The van der Waals surface area contributed by atoms with Gasteiger partial charge < -0.3 is 10.0 Å². The lowest BCUT2D eigenvalue weighted by Gasteiger charge is -2.28. The third-order valence-corrected chi connectivity index (χ3v) is 6.44. The molecule has 0 atom stereocenters. The van der Waals surface area contributed by atoms with Crippen LogP contribution in [0.5, 0.6) is 0 Å². The highest BCUT2D eigenvalue weighted by Crippen LogP contribution is 2.33. The molecule has 0 unspecified atom stereocenters. The van der Waals surface area contributed by atoms with Crippen LogP contribution in [0.4, 0.5) is 0 Å². The van der Waals surface area contributed by atoms with E-state index in [4.69, 9.17) is 0 Å². The van der Waals surface area contributed by atoms with E-state index in [1.807, 2.05) is 61.2 Å². The number of hydrogen-bond donors (Lipinski definition) is 1. The Balaban J connectivity index is 2.14. The molecule has 0 aliphatic carbocycles. The fraction of sp³-hybridized carbons (Fsp3) is 0.444. The van der Waals surface area contributed by atoms with Crippen molar-refractivity contribution in [3.8, 4) is 17.2 Å². The van der Waals surface area contributed by atoms with E-state index in [0.29, 0.717) is 37.9 Å². The number of nitriles is 1. The molecule has 0 spiro atoms. The highest BCUT2D eigenvalue weighted by atomic mass is 16.4. The number of carbonyl (C=O) groups is 2. The van der Waals surface area contributed by atoms with Gasteiger partial charge in [0.25, 0.3) is 0 Å². The predicted octanol–water partition coefficient (Wildman–Crippen LogP) is 6.03. The highest BCUT2D eigenvalue weighted by molar-refractivity contribution is 5.79. The number of rotatable bonds is 12. The van der Waals surface area contributed by atoms with Gasteiger partial charge in [-0.15, -0.1) is 0 Å². The van der Waals surface area contributed by atoms with Gasteiger partial charge in [0.15, 0.2) is 0 Å². The van der Waals surface area contributed by atoms with Gasteiger partial charge >= 0.3 is 5.97 Å². The normalized spacial score (nSPS) is 11.1. The lowest BCUT2D eigenvalue weighted by atomic mass is 9.78. The average Bonchev–Trinajstić information content (AvgIpc) is 2.82. The van der Waals surface area contributed by atoms with Crippen molar-refractivity contribution in [2.45, 2.75) is 65.8 Å². The molecular formula is C27H34N2O3. The number of carboxylic acid groups (broad SMARTS) is 1. The van der Waals surface area contributed by atoms with Crippen LogP contribution >= 0.6 is 0 Å². The molecule has 0 bridgehead atoms. The van der Waals surface area contributed by atoms with Crippen LogP contribution in [-0.2, 0) is 16.1 Å². The minimum atomic E-state index is -0.831. The Labute approximate surface area is 191 Å². The van der Waals surface area contributed by atoms with Crippen molar-refractivity contribution in [1.29, 1.82) is 5.26 Å². The Bertz CT molecular complexity index is 940. The van der Waals surface area contributed by atoms with E-state index in [-0.39, 0.29) is 12.3 Å². The molecule has 0 radical (unpaired) electrons. The van der Waals surface area contributed by atoms with Crippen LogP contribution in [0.15, 0.2) is 48.5 Å². The number of nitrogens with zero attached hydrogens (tertiary/aromatic N) is 2. The highest BCUT2D eigenvalue weighted by Gasteiger charge is 2.35. The van der Waals surface area contributed by atoms with Crippen molar-refractivity contribution in [2.24, 2.45) is 5.41 Å². The van der Waals surface area contributed by atoms with Crippen LogP contribution in [0.25, 0.3) is 11.1 Å². The maximum absolute atomic E-state index is 13.0. The number of unbranched alkanes of at least 4 members (excludes halogenated alkanes) is 1. The molecule has 5 heteroatoms. The molecule has 0 heterocycles. The van der Waals surface area contributed by atoms with Crippen LogP contribution in [0, 0.1) is 16.7 Å². The van der Waals surface area contributed by atoms with Crippen molar-refractivity contribution in [3.05, 3.63) is 59.7 Å². The van der Waals surface area contributed by atoms with Gasteiger partial charge in [-0.1, -0.05) is 69.7 Å². The lowest BCUT2D eigenvalue weighted by Crippen LogP contribution is -2.35. The first-order chi connectivity index (χ1) is 15.4. The SMILES string of the molecule is CCCCN(Cc1ccc(-c2ccccc2C#N)cc1)C(=O)CCC(CC)(CC)C(=O)O. The molecule has 1 amide bonds. The molecule has 1 N–H and O–H groups in total. The largest absolute Gasteiger partial charge is 0.481 e. The minimum absolute atomic E-state index is 0.00452. The third kappa shape index (κ3) is 6.20. The lowest BCUT2D eigenvalue weighted by molar-refractivity contribution is -0.150. The number of amides is 1. The summed E-state index contributed by atoms with van der Waals surface area (Å²) >= 11 is 0. The minimum Gasteiger partial charge on any atom is -0.481 e. The van der Waals surface area contributed by atoms with Gasteiger partial charge in [0.1, 0.15) is 0 Å². The van der Waals surface area contributed by atoms with Gasteiger partial charge in [-0.2, -0.15) is 5.26 Å². The molecule has 0 aliphatic heterocycles. The molecule has 2 rings (SSSR count). The van der Waals surface area contributed by atoms with Crippen LogP contribution in [0.2, 0.25) is 0 Å². The smallest absolute Gasteiger partial charge is 0.309 e. The Morgan fingerprint density at radius 2 is 1.69 bits per heavy atom. The second kappa shape index (κ2) is 12.0. The van der Waals surface area contributed by atoms with Crippen molar-refractivity contribution >= 4 is 11.9 Å². The van der Waals surface area contributed by atoms with Gasteiger partial charge in [0, 0.05) is 19.5 Å². The van der Waals surface area contributed by atoms with Crippen molar-refractivity contribution in [3.63, 3.8) is 0 Å². The molecular weight excluding hydrogens is 400 g/mol. The van der Waals surface area contributed by atoms with E-state index in [2.05, 4.69) is 13.0 Å². The van der Waals surface area contributed by atoms with Crippen LogP contribution in [0.3, 0.4) is 0 Å². The number of aliphatic carboxylic acids is 1. The van der Waals surface area contributed by atoms with Crippen molar-refractivity contribution in [2.75, 3.05) is 6.54 Å². The molecule has 0 fully saturated rings. The standard InChI is InChI=1S/C27H34N2O3/c1-4-7-18-29(25(30)16-17-27(5-2,6-3)26(31)32)20-21-12-14-22(15-13-21)24-11-9-8-10-23(24)19-28/h8-15H,4-7,16-18,20H2,1-3H3,(H,31,32). The summed E-state index contributed by atoms with van der Waals surface area (Å²) in [6.45, 7) is 7.00. The number of carbonyl (C=O) groups excluding carboxylic acids is 1. The zero-order valence-corrected chi connectivity index (χ0v) is 19.4. The topological polar surface area (TPSA) is 81.4 Å². The van der Waals surface area contributed by atoms with Crippen LogP contribution in [-0.4, -0.2) is 28.4 Å². The molecule has 5 nitrogen and oxygen atoms in total. The molecule has 0 saturated heterocycles. The summed E-state index contributed by atoms with van der Waals surface area (Å²) in [6, 6.07) is 17.7. The number of carboxylic acids is 1. The predicted molar refractivity (Wildman–Crippen MR) is 127 cm³/mol. The zero-order chi connectivity index (χ0) is 23.6. The second-order valence-corrected chi connectivity index (χ2v) is 8.32. The molecule has 2 aromatic rings.